The summed E-state index contributed by atoms with van der Waals surface area (Å²) in [6.45, 7) is 3.81. The molecule has 2 N–H and O–H groups in total. The second-order valence-corrected chi connectivity index (χ2v) is 8.68. The molecular formula is C19H18N2O5S2. The maximum absolute atomic E-state index is 12.6. The minimum Gasteiger partial charge on any atom is -0.508 e. The van der Waals surface area contributed by atoms with Crippen LogP contribution in [0.4, 0.5) is 0 Å². The Kier molecular flexibility index (Phi) is 5.48. The van der Waals surface area contributed by atoms with Gasteiger partial charge in [0.2, 0.25) is 0 Å². The number of rotatable bonds is 4. The number of hydrogen-bond donors (Lipinski definition) is 2. The number of aryl methyl sites for hydroxylation is 1. The van der Waals surface area contributed by atoms with Gasteiger partial charge in [-0.05, 0) is 56.0 Å². The van der Waals surface area contributed by atoms with Crippen molar-refractivity contribution in [1.29, 1.82) is 0 Å². The highest BCUT2D eigenvalue weighted by atomic mass is 32.2. The van der Waals surface area contributed by atoms with Gasteiger partial charge >= 0.3 is 0 Å². The van der Waals surface area contributed by atoms with Crippen molar-refractivity contribution in [1.82, 2.24) is 4.90 Å². The number of thioether (sulfide) groups is 1. The maximum atomic E-state index is 12.6. The van der Waals surface area contributed by atoms with Gasteiger partial charge in [0, 0.05) is 18.2 Å². The van der Waals surface area contributed by atoms with Crippen molar-refractivity contribution in [3.05, 3.63) is 58.5 Å². The fourth-order valence-electron chi connectivity index (χ4n) is 2.52. The lowest BCUT2D eigenvalue weighted by Crippen LogP contribution is -2.29. The first kappa shape index (κ1) is 20.0. The first-order chi connectivity index (χ1) is 13.2. The summed E-state index contributed by atoms with van der Waals surface area (Å²) in [5.41, 5.74) is 1.25. The van der Waals surface area contributed by atoms with Gasteiger partial charge in [0.15, 0.2) is 5.17 Å². The Hall–Kier alpha value is -2.78. The summed E-state index contributed by atoms with van der Waals surface area (Å²) in [6.07, 6.45) is 1.44. The van der Waals surface area contributed by atoms with Gasteiger partial charge in [0.1, 0.15) is 11.5 Å². The van der Waals surface area contributed by atoms with Crippen molar-refractivity contribution in [2.24, 2.45) is 4.40 Å². The molecule has 1 aliphatic rings. The first-order valence-electron chi connectivity index (χ1n) is 8.36. The molecule has 0 aromatic heterocycles. The number of hydrogen-bond acceptors (Lipinski definition) is 6. The number of aromatic hydroxyl groups is 2. The molecule has 2 aromatic carbocycles. The minimum absolute atomic E-state index is 0.0447. The molecule has 3 rings (SSSR count). The highest BCUT2D eigenvalue weighted by molar-refractivity contribution is 8.19. The Balaban J connectivity index is 1.98. The molecule has 9 heteroatoms. The molecule has 0 atom stereocenters. The normalized spacial score (nSPS) is 17.6. The van der Waals surface area contributed by atoms with Crippen LogP contribution in [0.1, 0.15) is 18.1 Å². The van der Waals surface area contributed by atoms with E-state index in [4.69, 9.17) is 0 Å². The number of sulfonamides is 1. The van der Waals surface area contributed by atoms with Gasteiger partial charge in [0.25, 0.3) is 15.9 Å². The molecule has 1 heterocycles. The van der Waals surface area contributed by atoms with Crippen LogP contribution >= 0.6 is 11.8 Å². The van der Waals surface area contributed by atoms with Crippen LogP contribution in [0.2, 0.25) is 0 Å². The molecule has 1 amide bonds. The SMILES string of the molecule is CCN1C(=O)/C(=C/c2ccc(O)cc2O)SC1=NS(=O)(=O)c1ccc(C)cc1. The summed E-state index contributed by atoms with van der Waals surface area (Å²) in [4.78, 5) is 14.2. The van der Waals surface area contributed by atoms with Crippen LogP contribution in [0.25, 0.3) is 6.08 Å². The Morgan fingerprint density at radius 2 is 1.82 bits per heavy atom. The zero-order valence-corrected chi connectivity index (χ0v) is 16.8. The highest BCUT2D eigenvalue weighted by Crippen LogP contribution is 2.35. The van der Waals surface area contributed by atoms with Crippen molar-refractivity contribution < 1.29 is 23.4 Å². The van der Waals surface area contributed by atoms with Gasteiger partial charge in [-0.3, -0.25) is 9.69 Å². The molecule has 0 radical (unpaired) electrons. The van der Waals surface area contributed by atoms with E-state index >= 15 is 0 Å². The summed E-state index contributed by atoms with van der Waals surface area (Å²) >= 11 is 0.919. The molecule has 28 heavy (non-hydrogen) atoms. The van der Waals surface area contributed by atoms with E-state index < -0.39 is 15.9 Å². The van der Waals surface area contributed by atoms with E-state index in [2.05, 4.69) is 4.40 Å². The van der Waals surface area contributed by atoms with E-state index in [0.29, 0.717) is 5.56 Å². The molecule has 0 bridgehead atoms. The van der Waals surface area contributed by atoms with Crippen molar-refractivity contribution in [2.75, 3.05) is 6.54 Å². The first-order valence-corrected chi connectivity index (χ1v) is 10.6. The van der Waals surface area contributed by atoms with Gasteiger partial charge in [-0.15, -0.1) is 4.40 Å². The number of amides is 1. The zero-order chi connectivity index (χ0) is 20.5. The third kappa shape index (κ3) is 4.05. The third-order valence-electron chi connectivity index (χ3n) is 4.02. The number of carbonyl (C=O) groups excluding carboxylic acids is 1. The van der Waals surface area contributed by atoms with Gasteiger partial charge < -0.3 is 10.2 Å². The smallest absolute Gasteiger partial charge is 0.284 e. The van der Waals surface area contributed by atoms with E-state index in [1.807, 2.05) is 6.92 Å². The van der Waals surface area contributed by atoms with Crippen LogP contribution in [0.3, 0.4) is 0 Å². The van der Waals surface area contributed by atoms with Crippen LogP contribution in [0.5, 0.6) is 11.5 Å². The van der Waals surface area contributed by atoms with Crippen LogP contribution in [0, 0.1) is 6.92 Å². The number of phenolic OH excluding ortho intramolecular Hbond substituents is 2. The van der Waals surface area contributed by atoms with Gasteiger partial charge in [0.05, 0.1) is 9.80 Å². The number of amidine groups is 1. The predicted octanol–water partition coefficient (Wildman–Crippen LogP) is 3.09. The largest absolute Gasteiger partial charge is 0.508 e. The van der Waals surface area contributed by atoms with Crippen LogP contribution < -0.4 is 0 Å². The average molecular weight is 418 g/mol. The number of phenols is 2. The molecule has 1 fully saturated rings. The second-order valence-electron chi connectivity index (χ2n) is 6.07. The Morgan fingerprint density at radius 3 is 2.43 bits per heavy atom. The van der Waals surface area contributed by atoms with E-state index in [0.717, 1.165) is 23.4 Å². The molecule has 0 saturated carbocycles. The summed E-state index contributed by atoms with van der Waals surface area (Å²) in [5, 5.41) is 19.4. The Bertz CT molecular complexity index is 1090. The third-order valence-corrected chi connectivity index (χ3v) is 6.43. The summed E-state index contributed by atoms with van der Waals surface area (Å²) < 4.78 is 29.0. The lowest BCUT2D eigenvalue weighted by atomic mass is 10.1. The fourth-order valence-corrected chi connectivity index (χ4v) is 4.75. The Labute approximate surface area is 167 Å². The molecule has 0 unspecified atom stereocenters. The molecule has 0 spiro atoms. The van der Waals surface area contributed by atoms with Crippen molar-refractivity contribution >= 4 is 38.9 Å². The van der Waals surface area contributed by atoms with E-state index in [1.54, 1.807) is 19.1 Å². The predicted molar refractivity (Wildman–Crippen MR) is 109 cm³/mol. The van der Waals surface area contributed by atoms with Crippen molar-refractivity contribution in [3.8, 4) is 11.5 Å². The quantitative estimate of drug-likeness (QED) is 0.739. The average Bonchev–Trinajstić information content (AvgIpc) is 2.91. The maximum Gasteiger partial charge on any atom is 0.284 e. The lowest BCUT2D eigenvalue weighted by Gasteiger charge is -2.12. The molecule has 1 saturated heterocycles. The van der Waals surface area contributed by atoms with Gasteiger partial charge in [-0.1, -0.05) is 17.7 Å². The summed E-state index contributed by atoms with van der Waals surface area (Å²) in [5.74, 6) is -0.703. The number of benzene rings is 2. The Morgan fingerprint density at radius 1 is 1.14 bits per heavy atom. The van der Waals surface area contributed by atoms with E-state index in [-0.39, 0.29) is 33.0 Å². The second kappa shape index (κ2) is 7.69. The monoisotopic (exact) mass is 418 g/mol. The molecule has 7 nitrogen and oxygen atoms in total. The molecule has 146 valence electrons. The van der Waals surface area contributed by atoms with E-state index in [9.17, 15) is 23.4 Å². The number of carbonyl (C=O) groups is 1. The molecular weight excluding hydrogens is 400 g/mol. The number of likely N-dealkylation sites (N-methyl/N-ethyl adjacent to an activating group) is 1. The lowest BCUT2D eigenvalue weighted by molar-refractivity contribution is -0.122. The van der Waals surface area contributed by atoms with Crippen LogP contribution in [0.15, 0.2) is 56.7 Å². The van der Waals surface area contributed by atoms with E-state index in [1.165, 1.54) is 35.2 Å². The summed E-state index contributed by atoms with van der Waals surface area (Å²) in [6, 6.07) is 10.3. The van der Waals surface area contributed by atoms with Crippen LogP contribution in [-0.4, -0.2) is 41.2 Å². The minimum atomic E-state index is -3.97. The van der Waals surface area contributed by atoms with Crippen molar-refractivity contribution in [2.45, 2.75) is 18.7 Å². The molecule has 1 aliphatic heterocycles. The highest BCUT2D eigenvalue weighted by Gasteiger charge is 2.34. The van der Waals surface area contributed by atoms with Crippen molar-refractivity contribution in [3.63, 3.8) is 0 Å². The topological polar surface area (TPSA) is 107 Å². The van der Waals surface area contributed by atoms with Crippen LogP contribution in [-0.2, 0) is 14.8 Å². The van der Waals surface area contributed by atoms with Gasteiger partial charge in [-0.25, -0.2) is 0 Å². The fraction of sp³-hybridized carbons (Fsp3) is 0.158. The summed E-state index contributed by atoms with van der Waals surface area (Å²) in [7, 11) is -3.97. The standard InChI is InChI=1S/C19H18N2O5S2/c1-3-21-18(24)17(10-13-6-7-14(22)11-16(13)23)27-19(21)20-28(25,26)15-8-4-12(2)5-9-15/h4-11,22-23H,3H2,1-2H3/b17-10-,20-19?. The zero-order valence-electron chi connectivity index (χ0n) is 15.2. The molecule has 0 aliphatic carbocycles. The number of nitrogens with zero attached hydrogens (tertiary/aromatic N) is 2. The molecule has 2 aromatic rings. The van der Waals surface area contributed by atoms with Gasteiger partial charge in [-0.2, -0.15) is 8.42 Å².